The lowest BCUT2D eigenvalue weighted by Crippen LogP contribution is -2.00. The first-order chi connectivity index (χ1) is 19.2. The summed E-state index contributed by atoms with van der Waals surface area (Å²) in [5, 5.41) is 4.69. The second-order valence-corrected chi connectivity index (χ2v) is 9.81. The van der Waals surface area contributed by atoms with Gasteiger partial charge in [-0.3, -0.25) is 0 Å². The van der Waals surface area contributed by atoms with Gasteiger partial charge in [0.1, 0.15) is 22.3 Å². The minimum Gasteiger partial charge on any atom is -0.456 e. The Labute approximate surface area is 227 Å². The summed E-state index contributed by atoms with van der Waals surface area (Å²) in [4.78, 5) is 14.9. The van der Waals surface area contributed by atoms with Crippen LogP contribution in [0.25, 0.3) is 78.0 Å². The maximum absolute atomic E-state index is 6.33. The standard InChI is InChI=1S/C33H18ClN3O2/c34-20-17-15-19(16-18-20)31-35-32(24-10-6-14-28-29(24)23-8-2-4-13-27(23)38-28)37-33(36-31)25-11-5-9-22-21-7-1-3-12-26(21)39-30(22)25/h1-18H. The molecular weight excluding hydrogens is 506 g/mol. The van der Waals surface area contributed by atoms with Crippen LogP contribution in [0.1, 0.15) is 0 Å². The summed E-state index contributed by atoms with van der Waals surface area (Å²) in [6, 6.07) is 35.6. The van der Waals surface area contributed by atoms with Crippen LogP contribution in [0.5, 0.6) is 0 Å². The molecule has 0 spiro atoms. The summed E-state index contributed by atoms with van der Waals surface area (Å²) >= 11 is 6.19. The number of aromatic nitrogens is 3. The molecule has 0 fully saturated rings. The van der Waals surface area contributed by atoms with E-state index in [1.807, 2.05) is 91.0 Å². The highest BCUT2D eigenvalue weighted by atomic mass is 35.5. The summed E-state index contributed by atoms with van der Waals surface area (Å²) in [5.74, 6) is 1.62. The van der Waals surface area contributed by atoms with Crippen LogP contribution in [0.4, 0.5) is 0 Å². The number of fused-ring (bicyclic) bond motifs is 6. The largest absolute Gasteiger partial charge is 0.456 e. The van der Waals surface area contributed by atoms with Gasteiger partial charge in [-0.15, -0.1) is 0 Å². The van der Waals surface area contributed by atoms with Crippen molar-refractivity contribution in [3.8, 4) is 34.2 Å². The zero-order valence-corrected chi connectivity index (χ0v) is 21.2. The third kappa shape index (κ3) is 3.51. The Bertz CT molecular complexity index is 2200. The van der Waals surface area contributed by atoms with Gasteiger partial charge in [0, 0.05) is 37.7 Å². The molecule has 0 aliphatic heterocycles. The van der Waals surface area contributed by atoms with Gasteiger partial charge in [0.05, 0.1) is 5.56 Å². The number of nitrogens with zero attached hydrogens (tertiary/aromatic N) is 3. The topological polar surface area (TPSA) is 65.0 Å². The molecule has 3 aromatic heterocycles. The molecule has 0 radical (unpaired) electrons. The first kappa shape index (κ1) is 22.0. The molecule has 8 rings (SSSR count). The second-order valence-electron chi connectivity index (χ2n) is 9.37. The summed E-state index contributed by atoms with van der Waals surface area (Å²) in [5.41, 5.74) is 5.67. The molecular formula is C33H18ClN3O2. The van der Waals surface area contributed by atoms with Crippen LogP contribution in [0.15, 0.2) is 118 Å². The van der Waals surface area contributed by atoms with Gasteiger partial charge in [0.2, 0.25) is 0 Å². The summed E-state index contributed by atoms with van der Waals surface area (Å²) < 4.78 is 12.5. The number of hydrogen-bond donors (Lipinski definition) is 0. The molecule has 184 valence electrons. The van der Waals surface area contributed by atoms with Crippen LogP contribution < -0.4 is 0 Å². The third-order valence-electron chi connectivity index (χ3n) is 7.03. The molecule has 3 heterocycles. The normalized spacial score (nSPS) is 11.7. The Morgan fingerprint density at radius 2 is 1.05 bits per heavy atom. The molecule has 5 nitrogen and oxygen atoms in total. The number of furan rings is 2. The van der Waals surface area contributed by atoms with Gasteiger partial charge in [0.15, 0.2) is 17.5 Å². The molecule has 8 aromatic rings. The maximum Gasteiger partial charge on any atom is 0.167 e. The third-order valence-corrected chi connectivity index (χ3v) is 7.28. The van der Waals surface area contributed by atoms with E-state index in [4.69, 9.17) is 35.4 Å². The van der Waals surface area contributed by atoms with Crippen molar-refractivity contribution >= 4 is 55.5 Å². The molecule has 39 heavy (non-hydrogen) atoms. The first-order valence-electron chi connectivity index (χ1n) is 12.6. The van der Waals surface area contributed by atoms with Crippen molar-refractivity contribution in [2.45, 2.75) is 0 Å². The van der Waals surface area contributed by atoms with Gasteiger partial charge in [-0.2, -0.15) is 0 Å². The number of halogens is 1. The molecule has 0 amide bonds. The van der Waals surface area contributed by atoms with Gasteiger partial charge in [-0.05, 0) is 48.5 Å². The summed E-state index contributed by atoms with van der Waals surface area (Å²) in [6.07, 6.45) is 0. The fourth-order valence-electron chi connectivity index (χ4n) is 5.23. The van der Waals surface area contributed by atoms with E-state index >= 15 is 0 Å². The highest BCUT2D eigenvalue weighted by Gasteiger charge is 2.20. The quantitative estimate of drug-likeness (QED) is 0.231. The lowest BCUT2D eigenvalue weighted by Gasteiger charge is -2.09. The average Bonchev–Trinajstić information content (AvgIpc) is 3.56. The van der Waals surface area contributed by atoms with Crippen molar-refractivity contribution in [2.24, 2.45) is 0 Å². The van der Waals surface area contributed by atoms with Crippen molar-refractivity contribution in [1.82, 2.24) is 15.0 Å². The van der Waals surface area contributed by atoms with Crippen molar-refractivity contribution in [3.63, 3.8) is 0 Å². The fourth-order valence-corrected chi connectivity index (χ4v) is 5.36. The molecule has 0 aliphatic rings. The van der Waals surface area contributed by atoms with Gasteiger partial charge < -0.3 is 8.83 Å². The van der Waals surface area contributed by atoms with Crippen LogP contribution in [-0.4, -0.2) is 15.0 Å². The van der Waals surface area contributed by atoms with Gasteiger partial charge in [-0.1, -0.05) is 72.3 Å². The van der Waals surface area contributed by atoms with E-state index in [0.29, 0.717) is 22.5 Å². The van der Waals surface area contributed by atoms with Gasteiger partial charge in [0.25, 0.3) is 0 Å². The Balaban J connectivity index is 1.44. The molecule has 0 atom stereocenters. The van der Waals surface area contributed by atoms with E-state index in [1.54, 1.807) is 0 Å². The molecule has 6 heteroatoms. The lowest BCUT2D eigenvalue weighted by atomic mass is 10.0. The molecule has 0 unspecified atom stereocenters. The van der Waals surface area contributed by atoms with Crippen molar-refractivity contribution in [2.75, 3.05) is 0 Å². The predicted molar refractivity (Wildman–Crippen MR) is 156 cm³/mol. The molecule has 0 N–H and O–H groups in total. The van der Waals surface area contributed by atoms with Crippen LogP contribution >= 0.6 is 11.6 Å². The second kappa shape index (κ2) is 8.51. The highest BCUT2D eigenvalue weighted by Crippen LogP contribution is 2.38. The number of hydrogen-bond acceptors (Lipinski definition) is 5. The molecule has 0 bridgehead atoms. The smallest absolute Gasteiger partial charge is 0.167 e. The maximum atomic E-state index is 6.33. The zero-order valence-electron chi connectivity index (χ0n) is 20.4. The van der Waals surface area contributed by atoms with E-state index in [9.17, 15) is 0 Å². The Hall–Kier alpha value is -5.00. The number of rotatable bonds is 3. The van der Waals surface area contributed by atoms with E-state index in [-0.39, 0.29) is 0 Å². The number of benzene rings is 5. The van der Waals surface area contributed by atoms with Crippen LogP contribution in [0, 0.1) is 0 Å². The Kier molecular flexibility index (Phi) is 4.81. The fraction of sp³-hybridized carbons (Fsp3) is 0. The summed E-state index contributed by atoms with van der Waals surface area (Å²) in [7, 11) is 0. The van der Waals surface area contributed by atoms with Crippen molar-refractivity contribution in [3.05, 3.63) is 114 Å². The predicted octanol–water partition coefficient (Wildman–Crippen LogP) is 9.32. The van der Waals surface area contributed by atoms with Crippen molar-refractivity contribution in [1.29, 1.82) is 0 Å². The lowest BCUT2D eigenvalue weighted by molar-refractivity contribution is 0.668. The van der Waals surface area contributed by atoms with Crippen LogP contribution in [-0.2, 0) is 0 Å². The highest BCUT2D eigenvalue weighted by molar-refractivity contribution is 6.30. The van der Waals surface area contributed by atoms with E-state index in [0.717, 1.165) is 60.6 Å². The molecule has 0 saturated heterocycles. The van der Waals surface area contributed by atoms with Crippen molar-refractivity contribution < 1.29 is 8.83 Å². The van der Waals surface area contributed by atoms with Crippen LogP contribution in [0.2, 0.25) is 5.02 Å². The number of para-hydroxylation sites is 3. The minimum atomic E-state index is 0.527. The Morgan fingerprint density at radius 1 is 0.462 bits per heavy atom. The minimum absolute atomic E-state index is 0.527. The van der Waals surface area contributed by atoms with Gasteiger partial charge >= 0.3 is 0 Å². The van der Waals surface area contributed by atoms with Gasteiger partial charge in [-0.25, -0.2) is 15.0 Å². The molecule has 0 aliphatic carbocycles. The molecule has 5 aromatic carbocycles. The Morgan fingerprint density at radius 3 is 1.87 bits per heavy atom. The van der Waals surface area contributed by atoms with E-state index < -0.39 is 0 Å². The van der Waals surface area contributed by atoms with Crippen LogP contribution in [0.3, 0.4) is 0 Å². The zero-order chi connectivity index (χ0) is 25.9. The van der Waals surface area contributed by atoms with E-state index in [2.05, 4.69) is 18.2 Å². The summed E-state index contributed by atoms with van der Waals surface area (Å²) in [6.45, 7) is 0. The SMILES string of the molecule is Clc1ccc(-c2nc(-c3cccc4c3oc3ccccc34)nc(-c3cccc4oc5ccccc5c34)n2)cc1. The first-order valence-corrected chi connectivity index (χ1v) is 12.9. The molecule has 0 saturated carbocycles. The monoisotopic (exact) mass is 523 g/mol. The average molecular weight is 524 g/mol. The van der Waals surface area contributed by atoms with E-state index in [1.165, 1.54) is 0 Å².